The quantitative estimate of drug-likeness (QED) is 0.615. The minimum absolute atomic E-state index is 0.283. The van der Waals surface area contributed by atoms with Gasteiger partial charge in [0, 0.05) is 10.4 Å². The van der Waals surface area contributed by atoms with Crippen LogP contribution in [0.5, 0.6) is 0 Å². The van der Waals surface area contributed by atoms with Crippen molar-refractivity contribution in [1.29, 1.82) is 0 Å². The highest BCUT2D eigenvalue weighted by atomic mass is 32.1. The Morgan fingerprint density at radius 1 is 1.10 bits per heavy atom. The fraction of sp³-hybridized carbons (Fsp3) is 0.435. The first kappa shape index (κ1) is 22.0. The van der Waals surface area contributed by atoms with E-state index in [1.54, 1.807) is 0 Å². The molecule has 6 nitrogen and oxygen atoms in total. The van der Waals surface area contributed by atoms with Crippen molar-refractivity contribution >= 4 is 34.1 Å². The van der Waals surface area contributed by atoms with Crippen molar-refractivity contribution in [2.75, 3.05) is 5.32 Å². The molecule has 2 atom stereocenters. The summed E-state index contributed by atoms with van der Waals surface area (Å²) in [7, 11) is 0. The Morgan fingerprint density at radius 2 is 1.70 bits per heavy atom. The molecule has 1 aromatic heterocycles. The summed E-state index contributed by atoms with van der Waals surface area (Å²) in [6, 6.07) is 7.98. The summed E-state index contributed by atoms with van der Waals surface area (Å²) in [6.07, 6.45) is 2.65. The summed E-state index contributed by atoms with van der Waals surface area (Å²) in [6.45, 7) is 6.12. The van der Waals surface area contributed by atoms with Gasteiger partial charge < -0.3 is 16.2 Å². The molecule has 1 aliphatic carbocycles. The lowest BCUT2D eigenvalue weighted by atomic mass is 9.78. The maximum absolute atomic E-state index is 12.9. The average molecular weight is 429 g/mol. The second-order valence-electron chi connectivity index (χ2n) is 8.20. The number of thiophene rings is 1. The third-order valence-corrected chi connectivity index (χ3v) is 6.87. The summed E-state index contributed by atoms with van der Waals surface area (Å²) < 4.78 is 0. The summed E-state index contributed by atoms with van der Waals surface area (Å²) in [5.41, 5.74) is 8.76. The first-order valence-corrected chi connectivity index (χ1v) is 11.1. The Morgan fingerprint density at radius 3 is 2.23 bits per heavy atom. The number of primary amides is 1. The lowest BCUT2D eigenvalue weighted by molar-refractivity contribution is -0.147. The standard InChI is InChI=1S/C23H28N2O4S/c1-12(2)14-8-10-15(11-9-14)18-13(3)30-22(19(18)20(24)26)25-21(27)16-6-4-5-7-17(16)23(28)29/h8-12,16-17H,4-7H2,1-3H3,(H2,24,26)(H,25,27)(H,28,29)/t16-,17-/m0/s1. The van der Waals surface area contributed by atoms with Crippen molar-refractivity contribution in [3.63, 3.8) is 0 Å². The number of hydrogen-bond donors (Lipinski definition) is 3. The van der Waals surface area contributed by atoms with E-state index >= 15 is 0 Å². The third-order valence-electron chi connectivity index (χ3n) is 5.85. The minimum Gasteiger partial charge on any atom is -0.481 e. The second-order valence-corrected chi connectivity index (χ2v) is 9.43. The van der Waals surface area contributed by atoms with E-state index in [4.69, 9.17) is 5.73 Å². The molecule has 3 rings (SSSR count). The zero-order valence-electron chi connectivity index (χ0n) is 17.5. The van der Waals surface area contributed by atoms with E-state index in [1.807, 2.05) is 31.2 Å². The van der Waals surface area contributed by atoms with E-state index in [9.17, 15) is 19.5 Å². The van der Waals surface area contributed by atoms with Crippen molar-refractivity contribution in [2.45, 2.75) is 52.4 Å². The van der Waals surface area contributed by atoms with E-state index < -0.39 is 23.7 Å². The molecule has 4 N–H and O–H groups in total. The number of carboxylic acid groups (broad SMARTS) is 1. The molecule has 30 heavy (non-hydrogen) atoms. The topological polar surface area (TPSA) is 109 Å². The number of carbonyl (C=O) groups excluding carboxylic acids is 2. The summed E-state index contributed by atoms with van der Waals surface area (Å²) in [4.78, 5) is 37.7. The largest absolute Gasteiger partial charge is 0.481 e. The lowest BCUT2D eigenvalue weighted by Gasteiger charge is -2.27. The number of nitrogens with two attached hydrogens (primary N) is 1. The molecule has 1 heterocycles. The predicted octanol–water partition coefficient (Wildman–Crippen LogP) is 4.78. The van der Waals surface area contributed by atoms with Crippen molar-refractivity contribution < 1.29 is 19.5 Å². The lowest BCUT2D eigenvalue weighted by Crippen LogP contribution is -2.36. The van der Waals surface area contributed by atoms with E-state index in [2.05, 4.69) is 19.2 Å². The highest BCUT2D eigenvalue weighted by Gasteiger charge is 2.36. The van der Waals surface area contributed by atoms with Gasteiger partial charge in [-0.2, -0.15) is 0 Å². The average Bonchev–Trinajstić information content (AvgIpc) is 3.03. The summed E-state index contributed by atoms with van der Waals surface area (Å²) in [5, 5.41) is 12.7. The zero-order valence-corrected chi connectivity index (χ0v) is 18.3. The molecule has 0 saturated heterocycles. The molecule has 1 aliphatic rings. The van der Waals surface area contributed by atoms with Gasteiger partial charge in [-0.05, 0) is 36.8 Å². The van der Waals surface area contributed by atoms with Crippen LogP contribution in [0.1, 0.15) is 66.2 Å². The molecule has 1 fully saturated rings. The van der Waals surface area contributed by atoms with E-state index in [-0.39, 0.29) is 11.5 Å². The molecule has 1 saturated carbocycles. The Hall–Kier alpha value is -2.67. The fourth-order valence-corrected chi connectivity index (χ4v) is 5.28. The van der Waals surface area contributed by atoms with Crippen LogP contribution >= 0.6 is 11.3 Å². The van der Waals surface area contributed by atoms with Crippen LogP contribution in [0, 0.1) is 18.8 Å². The van der Waals surface area contributed by atoms with Gasteiger partial charge in [-0.1, -0.05) is 51.0 Å². The van der Waals surface area contributed by atoms with Crippen molar-refractivity contribution in [2.24, 2.45) is 17.6 Å². The van der Waals surface area contributed by atoms with Gasteiger partial charge in [0.25, 0.3) is 5.91 Å². The first-order chi connectivity index (χ1) is 14.2. The van der Waals surface area contributed by atoms with Crippen LogP contribution in [0.15, 0.2) is 24.3 Å². The van der Waals surface area contributed by atoms with Gasteiger partial charge in [0.05, 0.1) is 17.4 Å². The maximum atomic E-state index is 12.9. The fourth-order valence-electron chi connectivity index (χ4n) is 4.19. The number of anilines is 1. The molecule has 1 aromatic carbocycles. The summed E-state index contributed by atoms with van der Waals surface area (Å²) in [5.74, 6) is -2.82. The van der Waals surface area contributed by atoms with Crippen molar-refractivity contribution in [3.05, 3.63) is 40.3 Å². The Balaban J connectivity index is 1.94. The number of carboxylic acids is 1. The van der Waals surface area contributed by atoms with Crippen LogP contribution in [0.4, 0.5) is 5.00 Å². The van der Waals surface area contributed by atoms with E-state index in [0.717, 1.165) is 28.8 Å². The third kappa shape index (κ3) is 4.41. The molecule has 160 valence electrons. The molecule has 0 radical (unpaired) electrons. The van der Waals surface area contributed by atoms with Crippen LogP contribution in [-0.2, 0) is 9.59 Å². The molecular weight excluding hydrogens is 400 g/mol. The SMILES string of the molecule is Cc1sc(NC(=O)[C@H]2CCCC[C@@H]2C(=O)O)c(C(N)=O)c1-c1ccc(C(C)C)cc1. The van der Waals surface area contributed by atoms with Gasteiger partial charge in [0.15, 0.2) is 0 Å². The maximum Gasteiger partial charge on any atom is 0.307 e. The predicted molar refractivity (Wildman–Crippen MR) is 119 cm³/mol. The normalized spacial score (nSPS) is 18.9. The van der Waals surface area contributed by atoms with Gasteiger partial charge in [-0.3, -0.25) is 14.4 Å². The van der Waals surface area contributed by atoms with Crippen LogP contribution in [0.3, 0.4) is 0 Å². The van der Waals surface area contributed by atoms with Gasteiger partial charge in [-0.15, -0.1) is 11.3 Å². The number of benzene rings is 1. The Kier molecular flexibility index (Phi) is 6.61. The molecular formula is C23H28N2O4S. The van der Waals surface area contributed by atoms with Crippen molar-refractivity contribution in [3.8, 4) is 11.1 Å². The Bertz CT molecular complexity index is 962. The number of aryl methyl sites for hydroxylation is 1. The van der Waals surface area contributed by atoms with E-state index in [1.165, 1.54) is 16.9 Å². The zero-order chi connectivity index (χ0) is 22.0. The number of rotatable bonds is 6. The van der Waals surface area contributed by atoms with Crippen LogP contribution in [-0.4, -0.2) is 22.9 Å². The van der Waals surface area contributed by atoms with Crippen LogP contribution in [0.25, 0.3) is 11.1 Å². The highest BCUT2D eigenvalue weighted by molar-refractivity contribution is 7.17. The monoisotopic (exact) mass is 428 g/mol. The number of amides is 2. The van der Waals surface area contributed by atoms with Gasteiger partial charge >= 0.3 is 5.97 Å². The molecule has 7 heteroatoms. The van der Waals surface area contributed by atoms with Crippen molar-refractivity contribution in [1.82, 2.24) is 0 Å². The highest BCUT2D eigenvalue weighted by Crippen LogP contribution is 2.41. The Labute approximate surface area is 180 Å². The molecule has 0 spiro atoms. The number of carbonyl (C=O) groups is 3. The number of aliphatic carboxylic acids is 1. The van der Waals surface area contributed by atoms with Crippen LogP contribution in [0.2, 0.25) is 0 Å². The van der Waals surface area contributed by atoms with Gasteiger partial charge in [0.2, 0.25) is 5.91 Å². The summed E-state index contributed by atoms with van der Waals surface area (Å²) >= 11 is 1.30. The minimum atomic E-state index is -0.946. The molecule has 0 unspecified atom stereocenters. The molecule has 0 bridgehead atoms. The first-order valence-electron chi connectivity index (χ1n) is 10.3. The van der Waals surface area contributed by atoms with E-state index in [0.29, 0.717) is 23.8 Å². The number of hydrogen-bond acceptors (Lipinski definition) is 4. The molecule has 2 amide bonds. The van der Waals surface area contributed by atoms with Crippen LogP contribution < -0.4 is 11.1 Å². The molecule has 0 aliphatic heterocycles. The number of nitrogens with one attached hydrogen (secondary N) is 1. The second kappa shape index (κ2) is 9.00. The smallest absolute Gasteiger partial charge is 0.307 e. The van der Waals surface area contributed by atoms with Gasteiger partial charge in [-0.25, -0.2) is 0 Å². The van der Waals surface area contributed by atoms with Gasteiger partial charge in [0.1, 0.15) is 5.00 Å². The molecule has 2 aromatic rings.